The van der Waals surface area contributed by atoms with Crippen LogP contribution in [0.25, 0.3) is 0 Å². The Balaban J connectivity index is 0.00000400. The first-order valence-corrected chi connectivity index (χ1v) is 15.0. The summed E-state index contributed by atoms with van der Waals surface area (Å²) >= 11 is 6.26. The Hall–Kier alpha value is -0.620. The zero-order chi connectivity index (χ0) is 27.7. The molecule has 1 aliphatic heterocycles. The smallest absolute Gasteiger partial charge is 0.550 e. The van der Waals surface area contributed by atoms with Crippen molar-refractivity contribution in [1.82, 2.24) is 4.90 Å². The summed E-state index contributed by atoms with van der Waals surface area (Å²) in [6, 6.07) is 12.2. The Morgan fingerprint density at radius 1 is 0.825 bits per heavy atom. The first-order valence-electron chi connectivity index (χ1n) is 13.1. The Kier molecular flexibility index (Phi) is 17.0. The van der Waals surface area contributed by atoms with Crippen molar-refractivity contribution >= 4 is 39.3 Å². The maximum Gasteiger partial charge on any atom is 1.00 e. The van der Waals surface area contributed by atoms with Crippen molar-refractivity contribution < 1.29 is 87.3 Å². The van der Waals surface area contributed by atoms with Gasteiger partial charge in [-0.3, -0.25) is 9.21 Å². The van der Waals surface area contributed by atoms with E-state index in [1.807, 2.05) is 24.3 Å². The molecule has 1 unspecified atom stereocenters. The van der Waals surface area contributed by atoms with Crippen LogP contribution < -0.4 is 73.6 Å². The number of halogens is 1. The van der Waals surface area contributed by atoms with Gasteiger partial charge in [0.2, 0.25) is 0 Å². The molecule has 2 aromatic rings. The molecule has 0 bridgehead atoms. The summed E-state index contributed by atoms with van der Waals surface area (Å²) in [5.74, 6) is -2.08. The van der Waals surface area contributed by atoms with Crippen molar-refractivity contribution in [3.63, 3.8) is 0 Å². The molecule has 208 valence electrons. The number of anilines is 1. The van der Waals surface area contributed by atoms with Crippen LogP contribution in [0.2, 0.25) is 5.02 Å². The third-order valence-electron chi connectivity index (χ3n) is 7.00. The summed E-state index contributed by atoms with van der Waals surface area (Å²) in [6.45, 7) is 1.38. The van der Waals surface area contributed by atoms with Gasteiger partial charge in [0.25, 0.3) is 10.0 Å². The van der Waals surface area contributed by atoms with Gasteiger partial charge in [0, 0.05) is 24.0 Å². The number of hydrogen-bond donors (Lipinski definition) is 0. The van der Waals surface area contributed by atoms with E-state index < -0.39 is 22.0 Å². The number of para-hydroxylation sites is 1. The summed E-state index contributed by atoms with van der Waals surface area (Å²) in [6.07, 6.45) is 6.10. The topological polar surface area (TPSA) is 121 Å². The molecule has 0 aromatic heterocycles. The minimum atomic E-state index is -3.84. The molecule has 3 rings (SSSR count). The van der Waals surface area contributed by atoms with Gasteiger partial charge in [0.05, 0.1) is 16.6 Å². The SMILES string of the molecule is CN1c2ccccc2C(N(CCCCCCC(=O)[O-])CCCCCCC(=O)[O-])c2ccc(Cl)cc2S1(=O)=O.[Na+].[Na+]. The number of carboxylic acids is 2. The maximum absolute atomic E-state index is 13.6. The number of sulfonamides is 1. The molecule has 0 aliphatic carbocycles. The van der Waals surface area contributed by atoms with Crippen LogP contribution in [0.5, 0.6) is 0 Å². The van der Waals surface area contributed by atoms with Crippen LogP contribution in [0.1, 0.15) is 81.4 Å². The van der Waals surface area contributed by atoms with Gasteiger partial charge in [-0.15, -0.1) is 0 Å². The Bertz CT molecular complexity index is 1210. The van der Waals surface area contributed by atoms with E-state index in [0.29, 0.717) is 42.2 Å². The molecule has 1 atom stereocenters. The van der Waals surface area contributed by atoms with Gasteiger partial charge in [0.1, 0.15) is 0 Å². The fraction of sp³-hybridized carbons (Fsp3) is 0.500. The van der Waals surface area contributed by atoms with Crippen LogP contribution in [0.4, 0.5) is 5.69 Å². The van der Waals surface area contributed by atoms with Crippen LogP contribution >= 0.6 is 11.6 Å². The molecule has 2 aromatic carbocycles. The molecule has 0 saturated carbocycles. The summed E-state index contributed by atoms with van der Waals surface area (Å²) in [5.41, 5.74) is 2.16. The third kappa shape index (κ3) is 10.3. The average Bonchev–Trinajstić information content (AvgIpc) is 2.94. The molecule has 40 heavy (non-hydrogen) atoms. The predicted molar refractivity (Wildman–Crippen MR) is 143 cm³/mol. The molecule has 0 amide bonds. The fourth-order valence-electron chi connectivity index (χ4n) is 5.05. The molecule has 0 spiro atoms. The minimum absolute atomic E-state index is 0. The number of rotatable bonds is 15. The van der Waals surface area contributed by atoms with Crippen LogP contribution in [-0.2, 0) is 19.6 Å². The van der Waals surface area contributed by atoms with Crippen molar-refractivity contribution in [2.45, 2.75) is 75.1 Å². The largest absolute Gasteiger partial charge is 1.00 e. The quantitative estimate of drug-likeness (QED) is 0.159. The number of carbonyl (C=O) groups is 2. The third-order valence-corrected chi connectivity index (χ3v) is 9.06. The van der Waals surface area contributed by atoms with Gasteiger partial charge in [-0.25, -0.2) is 8.42 Å². The van der Waals surface area contributed by atoms with Gasteiger partial charge >= 0.3 is 59.1 Å². The van der Waals surface area contributed by atoms with Crippen LogP contribution in [0.15, 0.2) is 47.4 Å². The van der Waals surface area contributed by atoms with Gasteiger partial charge in [-0.2, -0.15) is 0 Å². The number of carboxylic acid groups (broad SMARTS) is 2. The molecular weight excluding hydrogens is 574 g/mol. The number of unbranched alkanes of at least 4 members (excludes halogenated alkanes) is 6. The van der Waals surface area contributed by atoms with E-state index in [9.17, 15) is 28.2 Å². The Morgan fingerprint density at radius 2 is 1.35 bits per heavy atom. The number of hydrogen-bond acceptors (Lipinski definition) is 7. The standard InChI is InChI=1S/C28H37ClN2O6S.2Na/c1-30-24-13-9-8-12-22(24)28(23-17-16-21(29)20-25(23)38(30,36)37)31(18-10-4-2-6-14-26(32)33)19-11-5-3-7-15-27(34)35;;/h8-9,12-13,16-17,20,28H,2-7,10-11,14-15,18-19H2,1H3,(H,32,33)(H,34,35);;/q;2*+1/p-2. The second-order valence-electron chi connectivity index (χ2n) is 9.72. The van der Waals surface area contributed by atoms with Gasteiger partial charge < -0.3 is 19.8 Å². The fourth-order valence-corrected chi connectivity index (χ4v) is 6.76. The first-order chi connectivity index (χ1) is 18.1. The number of aliphatic carboxylic acids is 2. The molecule has 8 nitrogen and oxygen atoms in total. The monoisotopic (exact) mass is 608 g/mol. The molecule has 1 heterocycles. The molecule has 1 aliphatic rings. The second-order valence-corrected chi connectivity index (χ2v) is 12.1. The second kappa shape index (κ2) is 18.1. The molecule has 0 saturated heterocycles. The van der Waals surface area contributed by atoms with Gasteiger partial charge in [-0.1, -0.05) is 61.5 Å². The molecule has 0 fully saturated rings. The normalized spacial score (nSPS) is 15.3. The van der Waals surface area contributed by atoms with E-state index in [1.165, 1.54) is 10.4 Å². The van der Waals surface area contributed by atoms with Crippen LogP contribution in [-0.4, -0.2) is 45.4 Å². The van der Waals surface area contributed by atoms with Crippen molar-refractivity contribution in [2.24, 2.45) is 0 Å². The summed E-state index contributed by atoms with van der Waals surface area (Å²) in [7, 11) is -2.29. The van der Waals surface area contributed by atoms with E-state index in [1.54, 1.807) is 19.2 Å². The van der Waals surface area contributed by atoms with E-state index in [4.69, 9.17) is 11.6 Å². The van der Waals surface area contributed by atoms with E-state index in [-0.39, 0.29) is 82.9 Å². The molecule has 0 N–H and O–H groups in total. The Morgan fingerprint density at radius 3 is 1.90 bits per heavy atom. The van der Waals surface area contributed by atoms with Crippen molar-refractivity contribution in [2.75, 3.05) is 24.4 Å². The predicted octanol–water partition coefficient (Wildman–Crippen LogP) is -2.72. The van der Waals surface area contributed by atoms with E-state index in [2.05, 4.69) is 4.90 Å². The van der Waals surface area contributed by atoms with Crippen LogP contribution in [0, 0.1) is 0 Å². The summed E-state index contributed by atoms with van der Waals surface area (Å²) < 4.78 is 28.6. The van der Waals surface area contributed by atoms with Crippen molar-refractivity contribution in [1.29, 1.82) is 0 Å². The van der Waals surface area contributed by atoms with Gasteiger partial charge in [0.15, 0.2) is 0 Å². The molecule has 12 heteroatoms. The molecular formula is C28H35ClN2Na2O6S. The number of nitrogens with zero attached hydrogens (tertiary/aromatic N) is 2. The van der Waals surface area contributed by atoms with Crippen molar-refractivity contribution in [3.8, 4) is 0 Å². The average molecular weight is 609 g/mol. The number of fused-ring (bicyclic) bond motifs is 2. The maximum atomic E-state index is 13.6. The Labute approximate surface area is 287 Å². The number of carbonyl (C=O) groups excluding carboxylic acids is 2. The number of benzene rings is 2. The van der Waals surface area contributed by atoms with Crippen molar-refractivity contribution in [3.05, 3.63) is 58.6 Å². The van der Waals surface area contributed by atoms with Crippen LogP contribution in [0.3, 0.4) is 0 Å². The zero-order valence-corrected chi connectivity index (χ0v) is 29.3. The zero-order valence-electron chi connectivity index (χ0n) is 23.7. The van der Waals surface area contributed by atoms with E-state index >= 15 is 0 Å². The van der Waals surface area contributed by atoms with E-state index in [0.717, 1.165) is 44.1 Å². The first kappa shape index (κ1) is 37.4. The molecule has 0 radical (unpaired) electrons. The summed E-state index contributed by atoms with van der Waals surface area (Å²) in [4.78, 5) is 23.9. The minimum Gasteiger partial charge on any atom is -0.550 e. The van der Waals surface area contributed by atoms with Gasteiger partial charge in [-0.05, 0) is 80.9 Å². The summed E-state index contributed by atoms with van der Waals surface area (Å²) in [5, 5.41) is 21.8.